The van der Waals surface area contributed by atoms with Gasteiger partial charge in [-0.15, -0.1) is 0 Å². The van der Waals surface area contributed by atoms with Crippen LogP contribution in [-0.2, 0) is 0 Å². The van der Waals surface area contributed by atoms with Gasteiger partial charge in [0.2, 0.25) is 0 Å². The number of rotatable bonds is 4. The van der Waals surface area contributed by atoms with Crippen LogP contribution in [0.3, 0.4) is 0 Å². The van der Waals surface area contributed by atoms with Crippen molar-refractivity contribution in [1.29, 1.82) is 0 Å². The Hall–Kier alpha value is -0.0400. The van der Waals surface area contributed by atoms with Crippen molar-refractivity contribution in [2.75, 3.05) is 13.1 Å². The highest BCUT2D eigenvalue weighted by Gasteiger charge is 1.88. The van der Waals surface area contributed by atoms with Gasteiger partial charge in [-0.1, -0.05) is 20.8 Å². The molecule has 0 bridgehead atoms. The molecular formula is C7H17N. The van der Waals surface area contributed by atoms with Crippen LogP contribution < -0.4 is 5.32 Å². The molecule has 0 saturated carbocycles. The van der Waals surface area contributed by atoms with Crippen molar-refractivity contribution < 1.29 is 0 Å². The third-order valence-corrected chi connectivity index (χ3v) is 0.979. The van der Waals surface area contributed by atoms with Gasteiger partial charge in [-0.05, 0) is 25.4 Å². The maximum atomic E-state index is 3.33. The maximum Gasteiger partial charge on any atom is -0.00258 e. The monoisotopic (exact) mass is 115 g/mol. The van der Waals surface area contributed by atoms with Crippen LogP contribution in [0.25, 0.3) is 0 Å². The summed E-state index contributed by atoms with van der Waals surface area (Å²) in [6, 6.07) is 0. The van der Waals surface area contributed by atoms with Crippen molar-refractivity contribution in [1.82, 2.24) is 5.32 Å². The van der Waals surface area contributed by atoms with Crippen LogP contribution in [0, 0.1) is 5.92 Å². The number of hydrogen-bond acceptors (Lipinski definition) is 1. The zero-order chi connectivity index (χ0) is 6.41. The predicted molar refractivity (Wildman–Crippen MR) is 38.0 cm³/mol. The molecule has 0 fully saturated rings. The lowest BCUT2D eigenvalue weighted by atomic mass is 10.2. The Balaban J connectivity index is 2.72. The van der Waals surface area contributed by atoms with Crippen LogP contribution in [0.5, 0.6) is 0 Å². The molecular weight excluding hydrogens is 98.1 g/mol. The van der Waals surface area contributed by atoms with E-state index in [9.17, 15) is 0 Å². The summed E-state index contributed by atoms with van der Waals surface area (Å²) >= 11 is 0. The van der Waals surface area contributed by atoms with Crippen LogP contribution in [0.15, 0.2) is 0 Å². The molecule has 0 aliphatic heterocycles. The van der Waals surface area contributed by atoms with Gasteiger partial charge >= 0.3 is 0 Å². The molecule has 0 saturated heterocycles. The SMILES string of the molecule is CCCNCC(C)C. The van der Waals surface area contributed by atoms with Crippen molar-refractivity contribution in [2.45, 2.75) is 27.2 Å². The van der Waals surface area contributed by atoms with Crippen LogP contribution in [0.4, 0.5) is 0 Å². The third-order valence-electron chi connectivity index (χ3n) is 0.979. The summed E-state index contributed by atoms with van der Waals surface area (Å²) < 4.78 is 0. The highest BCUT2D eigenvalue weighted by molar-refractivity contribution is 4.48. The van der Waals surface area contributed by atoms with E-state index >= 15 is 0 Å². The Morgan fingerprint density at radius 3 is 2.38 bits per heavy atom. The van der Waals surface area contributed by atoms with Crippen LogP contribution in [-0.4, -0.2) is 13.1 Å². The minimum absolute atomic E-state index is 0.793. The summed E-state index contributed by atoms with van der Waals surface area (Å²) in [4.78, 5) is 0. The second kappa shape index (κ2) is 5.10. The molecule has 0 spiro atoms. The molecule has 50 valence electrons. The van der Waals surface area contributed by atoms with E-state index in [4.69, 9.17) is 0 Å². The molecule has 1 N–H and O–H groups in total. The third kappa shape index (κ3) is 5.96. The normalized spacial score (nSPS) is 10.5. The molecule has 0 aliphatic carbocycles. The standard InChI is InChI=1S/C7H17N/c1-4-5-8-6-7(2)3/h7-8H,4-6H2,1-3H3. The molecule has 0 atom stereocenters. The van der Waals surface area contributed by atoms with Gasteiger partial charge in [-0.2, -0.15) is 0 Å². The first-order valence-corrected chi connectivity index (χ1v) is 3.48. The fourth-order valence-corrected chi connectivity index (χ4v) is 0.568. The molecule has 1 heteroatoms. The van der Waals surface area contributed by atoms with Gasteiger partial charge < -0.3 is 5.32 Å². The first-order chi connectivity index (χ1) is 3.77. The second-order valence-electron chi connectivity index (χ2n) is 2.60. The van der Waals surface area contributed by atoms with E-state index in [1.807, 2.05) is 0 Å². The lowest BCUT2D eigenvalue weighted by molar-refractivity contribution is 0.550. The lowest BCUT2D eigenvalue weighted by Crippen LogP contribution is -2.19. The molecule has 0 unspecified atom stereocenters. The van der Waals surface area contributed by atoms with Gasteiger partial charge in [0.15, 0.2) is 0 Å². The molecule has 0 aromatic carbocycles. The summed E-state index contributed by atoms with van der Waals surface area (Å²) in [5.74, 6) is 0.793. The molecule has 0 amide bonds. The molecule has 0 rings (SSSR count). The quantitative estimate of drug-likeness (QED) is 0.549. The van der Waals surface area contributed by atoms with E-state index in [0.717, 1.165) is 19.0 Å². The molecule has 0 radical (unpaired) electrons. The van der Waals surface area contributed by atoms with Crippen molar-refractivity contribution >= 4 is 0 Å². The van der Waals surface area contributed by atoms with E-state index in [1.54, 1.807) is 0 Å². The van der Waals surface area contributed by atoms with Gasteiger partial charge in [0.05, 0.1) is 0 Å². The van der Waals surface area contributed by atoms with Crippen LogP contribution >= 0.6 is 0 Å². The minimum atomic E-state index is 0.793. The van der Waals surface area contributed by atoms with E-state index < -0.39 is 0 Å². The predicted octanol–water partition coefficient (Wildman–Crippen LogP) is 1.64. The Morgan fingerprint density at radius 1 is 1.38 bits per heavy atom. The average molecular weight is 115 g/mol. The average Bonchev–Trinajstić information content (AvgIpc) is 1.66. The van der Waals surface area contributed by atoms with Crippen molar-refractivity contribution in [3.63, 3.8) is 0 Å². The number of nitrogens with one attached hydrogen (secondary N) is 1. The molecule has 0 aliphatic rings. The summed E-state index contributed by atoms with van der Waals surface area (Å²) in [5.41, 5.74) is 0. The molecule has 0 aromatic rings. The van der Waals surface area contributed by atoms with Crippen molar-refractivity contribution in [3.05, 3.63) is 0 Å². The van der Waals surface area contributed by atoms with E-state index in [0.29, 0.717) is 0 Å². The highest BCUT2D eigenvalue weighted by atomic mass is 14.8. The van der Waals surface area contributed by atoms with Gasteiger partial charge in [-0.25, -0.2) is 0 Å². The van der Waals surface area contributed by atoms with E-state index in [-0.39, 0.29) is 0 Å². The summed E-state index contributed by atoms with van der Waals surface area (Å²) in [5, 5.41) is 3.33. The summed E-state index contributed by atoms with van der Waals surface area (Å²) in [7, 11) is 0. The Kier molecular flexibility index (Phi) is 5.08. The van der Waals surface area contributed by atoms with Crippen LogP contribution in [0.2, 0.25) is 0 Å². The Bertz CT molecular complexity index is 41.7. The zero-order valence-electron chi connectivity index (χ0n) is 6.20. The van der Waals surface area contributed by atoms with Gasteiger partial charge in [0.25, 0.3) is 0 Å². The maximum absolute atomic E-state index is 3.33. The van der Waals surface area contributed by atoms with Gasteiger partial charge in [0.1, 0.15) is 0 Å². The first kappa shape index (κ1) is 7.96. The highest BCUT2D eigenvalue weighted by Crippen LogP contribution is 1.86. The lowest BCUT2D eigenvalue weighted by Gasteiger charge is -2.03. The minimum Gasteiger partial charge on any atom is -0.316 e. The largest absolute Gasteiger partial charge is 0.316 e. The summed E-state index contributed by atoms with van der Waals surface area (Å²) in [6.45, 7) is 8.96. The fourth-order valence-electron chi connectivity index (χ4n) is 0.568. The Morgan fingerprint density at radius 2 is 2.00 bits per heavy atom. The Labute approximate surface area is 52.5 Å². The fraction of sp³-hybridized carbons (Fsp3) is 1.00. The topological polar surface area (TPSA) is 12.0 Å². The van der Waals surface area contributed by atoms with Gasteiger partial charge in [0, 0.05) is 0 Å². The summed E-state index contributed by atoms with van der Waals surface area (Å²) in [6.07, 6.45) is 1.24. The number of hydrogen-bond donors (Lipinski definition) is 1. The van der Waals surface area contributed by atoms with Crippen molar-refractivity contribution in [2.24, 2.45) is 5.92 Å². The second-order valence-corrected chi connectivity index (χ2v) is 2.60. The molecule has 0 aromatic heterocycles. The van der Waals surface area contributed by atoms with Crippen molar-refractivity contribution in [3.8, 4) is 0 Å². The molecule has 1 nitrogen and oxygen atoms in total. The van der Waals surface area contributed by atoms with Gasteiger partial charge in [-0.3, -0.25) is 0 Å². The zero-order valence-corrected chi connectivity index (χ0v) is 6.20. The molecule has 8 heavy (non-hydrogen) atoms. The van der Waals surface area contributed by atoms with Crippen LogP contribution in [0.1, 0.15) is 27.2 Å². The van der Waals surface area contributed by atoms with E-state index in [1.165, 1.54) is 6.42 Å². The molecule has 0 heterocycles. The smallest absolute Gasteiger partial charge is 0.00258 e. The van der Waals surface area contributed by atoms with E-state index in [2.05, 4.69) is 26.1 Å². The first-order valence-electron chi connectivity index (χ1n) is 3.48.